The molecule has 0 unspecified atom stereocenters. The number of unbranched alkanes of at least 4 members (excludes halogenated alkanes) is 2. The zero-order valence-corrected chi connectivity index (χ0v) is 29.8. The van der Waals surface area contributed by atoms with Gasteiger partial charge in [0.1, 0.15) is 0 Å². The van der Waals surface area contributed by atoms with Crippen molar-refractivity contribution >= 4 is 11.6 Å². The summed E-state index contributed by atoms with van der Waals surface area (Å²) in [7, 11) is 0. The number of hydrogen-bond acceptors (Lipinski definition) is 2. The van der Waals surface area contributed by atoms with E-state index < -0.39 is 0 Å². The predicted octanol–water partition coefficient (Wildman–Crippen LogP) is 11.8. The molecule has 0 N–H and O–H groups in total. The minimum atomic E-state index is -0.171. The fourth-order valence-electron chi connectivity index (χ4n) is 8.51. The molecule has 0 aromatic heterocycles. The summed E-state index contributed by atoms with van der Waals surface area (Å²) in [6.45, 7) is 8.83. The standard InChI is InChI=1S/2C23H28O/c2*1-3-5-16-23(4-2)17-15-18-11-9-10-14-20(18)21(22(23)24)19-12-7-6-8-13-19/h2*6-14,21H,3-5,15-17H2,1-2H3/t21-,23+;21-,23-/m01/s1. The summed E-state index contributed by atoms with van der Waals surface area (Å²) < 4.78 is 0. The van der Waals surface area contributed by atoms with Crippen molar-refractivity contribution in [3.63, 3.8) is 0 Å². The van der Waals surface area contributed by atoms with Gasteiger partial charge < -0.3 is 0 Å². The van der Waals surface area contributed by atoms with Crippen molar-refractivity contribution in [3.05, 3.63) is 143 Å². The van der Waals surface area contributed by atoms with Gasteiger partial charge in [-0.3, -0.25) is 9.59 Å². The lowest BCUT2D eigenvalue weighted by Gasteiger charge is -2.33. The molecular formula is C46H56O2. The minimum Gasteiger partial charge on any atom is -0.298 e. The van der Waals surface area contributed by atoms with Crippen LogP contribution in [0.3, 0.4) is 0 Å². The van der Waals surface area contributed by atoms with Crippen LogP contribution in [0.5, 0.6) is 0 Å². The molecular weight excluding hydrogens is 585 g/mol. The molecule has 0 aliphatic heterocycles. The monoisotopic (exact) mass is 640 g/mol. The smallest absolute Gasteiger partial charge is 0.150 e. The van der Waals surface area contributed by atoms with E-state index in [4.69, 9.17) is 0 Å². The van der Waals surface area contributed by atoms with Gasteiger partial charge in [-0.1, -0.05) is 163 Å². The maximum absolute atomic E-state index is 13.8. The van der Waals surface area contributed by atoms with Crippen LogP contribution >= 0.6 is 0 Å². The van der Waals surface area contributed by atoms with Gasteiger partial charge in [0, 0.05) is 10.8 Å². The van der Waals surface area contributed by atoms with Gasteiger partial charge in [-0.15, -0.1) is 0 Å². The molecule has 2 nitrogen and oxygen atoms in total. The molecule has 0 amide bonds. The third-order valence-corrected chi connectivity index (χ3v) is 11.7. The normalized spacial score (nSPS) is 23.6. The van der Waals surface area contributed by atoms with E-state index in [2.05, 4.69) is 125 Å². The first-order valence-corrected chi connectivity index (χ1v) is 18.8. The second-order valence-electron chi connectivity index (χ2n) is 14.3. The molecule has 6 rings (SSSR count). The number of benzene rings is 4. The predicted molar refractivity (Wildman–Crippen MR) is 201 cm³/mol. The number of carbonyl (C=O) groups excluding carboxylic acids is 2. The summed E-state index contributed by atoms with van der Waals surface area (Å²) in [5, 5.41) is 0. The first-order chi connectivity index (χ1) is 23.4. The quantitative estimate of drug-likeness (QED) is 0.162. The maximum Gasteiger partial charge on any atom is 0.150 e. The Kier molecular flexibility index (Phi) is 12.3. The lowest BCUT2D eigenvalue weighted by molar-refractivity contribution is -0.131. The topological polar surface area (TPSA) is 34.1 Å². The number of aryl methyl sites for hydroxylation is 2. The van der Waals surface area contributed by atoms with E-state index in [1.54, 1.807) is 0 Å². The highest BCUT2D eigenvalue weighted by Gasteiger charge is 2.44. The zero-order chi connectivity index (χ0) is 34.0. The van der Waals surface area contributed by atoms with Crippen molar-refractivity contribution in [1.82, 2.24) is 0 Å². The Morgan fingerprint density at radius 3 is 1.21 bits per heavy atom. The molecule has 0 radical (unpaired) electrons. The van der Waals surface area contributed by atoms with Gasteiger partial charge in [-0.25, -0.2) is 0 Å². The van der Waals surface area contributed by atoms with E-state index in [0.717, 1.165) is 88.2 Å². The second kappa shape index (κ2) is 16.6. The SMILES string of the molecule is CCCC[C@]1(CC)CCc2ccccc2[C@@H](c2ccccc2)C1=O.CCCC[C@]1(CC)CCc2ccccc2[C@H](c2ccccc2)C1=O. The Labute approximate surface area is 290 Å². The third-order valence-electron chi connectivity index (χ3n) is 11.7. The molecule has 2 aliphatic rings. The molecule has 2 aliphatic carbocycles. The fourth-order valence-corrected chi connectivity index (χ4v) is 8.51. The van der Waals surface area contributed by atoms with Gasteiger partial charge in [-0.2, -0.15) is 0 Å². The van der Waals surface area contributed by atoms with E-state index in [0.29, 0.717) is 11.6 Å². The molecule has 0 heterocycles. The first kappa shape index (κ1) is 35.5. The van der Waals surface area contributed by atoms with E-state index in [-0.39, 0.29) is 22.7 Å². The average Bonchev–Trinajstić information content (AvgIpc) is 3.35. The molecule has 4 aromatic carbocycles. The van der Waals surface area contributed by atoms with Crippen LogP contribution in [0.25, 0.3) is 0 Å². The van der Waals surface area contributed by atoms with Gasteiger partial charge in [0.25, 0.3) is 0 Å². The number of hydrogen-bond donors (Lipinski definition) is 0. The number of rotatable bonds is 10. The van der Waals surface area contributed by atoms with E-state index in [9.17, 15) is 9.59 Å². The third kappa shape index (κ3) is 7.44. The molecule has 0 saturated carbocycles. The van der Waals surface area contributed by atoms with Crippen LogP contribution in [-0.2, 0) is 22.4 Å². The molecule has 48 heavy (non-hydrogen) atoms. The van der Waals surface area contributed by atoms with Crippen molar-refractivity contribution in [2.75, 3.05) is 0 Å². The van der Waals surface area contributed by atoms with Gasteiger partial charge in [0.15, 0.2) is 11.6 Å². The van der Waals surface area contributed by atoms with Gasteiger partial charge >= 0.3 is 0 Å². The summed E-state index contributed by atoms with van der Waals surface area (Å²) >= 11 is 0. The molecule has 252 valence electrons. The Morgan fingerprint density at radius 2 is 0.854 bits per heavy atom. The maximum atomic E-state index is 13.8. The van der Waals surface area contributed by atoms with Gasteiger partial charge in [0.05, 0.1) is 11.8 Å². The molecule has 4 atom stereocenters. The summed E-state index contributed by atoms with van der Waals surface area (Å²) in [4.78, 5) is 27.5. The Bertz CT molecular complexity index is 1500. The van der Waals surface area contributed by atoms with Crippen molar-refractivity contribution in [3.8, 4) is 0 Å². The Hall–Kier alpha value is -3.78. The lowest BCUT2D eigenvalue weighted by atomic mass is 9.69. The summed E-state index contributed by atoms with van der Waals surface area (Å²) in [5.74, 6) is 0.660. The highest BCUT2D eigenvalue weighted by Crippen LogP contribution is 2.47. The van der Waals surface area contributed by atoms with Crippen LogP contribution in [0.2, 0.25) is 0 Å². The molecule has 0 saturated heterocycles. The molecule has 0 fully saturated rings. The molecule has 0 bridgehead atoms. The summed E-state index contributed by atoms with van der Waals surface area (Å²) in [6, 6.07) is 37.8. The van der Waals surface area contributed by atoms with E-state index in [1.807, 2.05) is 12.1 Å². The fraction of sp³-hybridized carbons (Fsp3) is 0.435. The number of carbonyl (C=O) groups is 2. The van der Waals surface area contributed by atoms with E-state index in [1.165, 1.54) is 22.3 Å². The highest BCUT2D eigenvalue weighted by molar-refractivity contribution is 5.95. The second-order valence-corrected chi connectivity index (χ2v) is 14.3. The highest BCUT2D eigenvalue weighted by atomic mass is 16.1. The average molecular weight is 641 g/mol. The number of Topliss-reactive ketones (excluding diaryl/α,β-unsaturated/α-hetero) is 2. The van der Waals surface area contributed by atoms with Crippen LogP contribution in [0.1, 0.15) is 137 Å². The van der Waals surface area contributed by atoms with Crippen molar-refractivity contribution in [2.24, 2.45) is 10.8 Å². The van der Waals surface area contributed by atoms with Crippen molar-refractivity contribution in [2.45, 2.75) is 117 Å². The van der Waals surface area contributed by atoms with Crippen molar-refractivity contribution < 1.29 is 9.59 Å². The van der Waals surface area contributed by atoms with Crippen molar-refractivity contribution in [1.29, 1.82) is 0 Å². The first-order valence-electron chi connectivity index (χ1n) is 18.8. The van der Waals surface area contributed by atoms with Crippen LogP contribution in [0, 0.1) is 10.8 Å². The van der Waals surface area contributed by atoms with Crippen LogP contribution in [0.15, 0.2) is 109 Å². The van der Waals surface area contributed by atoms with Crippen LogP contribution in [-0.4, -0.2) is 11.6 Å². The van der Waals surface area contributed by atoms with Gasteiger partial charge in [-0.05, 0) is 84.7 Å². The zero-order valence-electron chi connectivity index (χ0n) is 29.8. The number of fused-ring (bicyclic) bond motifs is 2. The molecule has 0 spiro atoms. The Balaban J connectivity index is 0.000000188. The van der Waals surface area contributed by atoms with Crippen LogP contribution in [0.4, 0.5) is 0 Å². The van der Waals surface area contributed by atoms with Gasteiger partial charge in [0.2, 0.25) is 0 Å². The van der Waals surface area contributed by atoms with E-state index >= 15 is 0 Å². The summed E-state index contributed by atoms with van der Waals surface area (Å²) in [6.07, 6.45) is 12.5. The minimum absolute atomic E-state index is 0.110. The summed E-state index contributed by atoms with van der Waals surface area (Å²) in [5.41, 5.74) is 7.10. The largest absolute Gasteiger partial charge is 0.298 e. The lowest BCUT2D eigenvalue weighted by Crippen LogP contribution is -2.34. The van der Waals surface area contributed by atoms with Crippen LogP contribution < -0.4 is 0 Å². The molecule has 2 heteroatoms. The number of ketones is 2. The Morgan fingerprint density at radius 1 is 0.500 bits per heavy atom. The molecule has 4 aromatic rings.